The van der Waals surface area contributed by atoms with Crippen molar-refractivity contribution in [3.05, 3.63) is 41.6 Å². The summed E-state index contributed by atoms with van der Waals surface area (Å²) < 4.78 is 1.84. The van der Waals surface area contributed by atoms with Gasteiger partial charge < -0.3 is 5.73 Å². The fraction of sp³-hybridized carbons (Fsp3) is 0.400. The number of aryl methyl sites for hydroxylation is 1. The molecule has 2 N–H and O–H groups in total. The van der Waals surface area contributed by atoms with Crippen molar-refractivity contribution in [1.29, 1.82) is 0 Å². The molecule has 0 aliphatic heterocycles. The zero-order valence-corrected chi connectivity index (χ0v) is 11.6. The first kappa shape index (κ1) is 12.7. The van der Waals surface area contributed by atoms with Gasteiger partial charge in [-0.15, -0.1) is 0 Å². The van der Waals surface area contributed by atoms with Gasteiger partial charge in [0, 0.05) is 11.5 Å². The molecule has 0 saturated carbocycles. The molecule has 3 nitrogen and oxygen atoms in total. The molecule has 2 rings (SSSR count). The van der Waals surface area contributed by atoms with Gasteiger partial charge in [0.1, 0.15) is 5.82 Å². The molecule has 0 aliphatic carbocycles. The largest absolute Gasteiger partial charge is 0.384 e. The maximum atomic E-state index is 6.09. The summed E-state index contributed by atoms with van der Waals surface area (Å²) in [6, 6.07) is 10.1. The molecule has 1 aromatic carbocycles. The molecule has 0 unspecified atom stereocenters. The number of nitrogens with two attached hydrogens (primary N) is 1. The summed E-state index contributed by atoms with van der Waals surface area (Å²) in [5.41, 5.74) is 9.42. The van der Waals surface area contributed by atoms with Gasteiger partial charge in [-0.05, 0) is 25.0 Å². The minimum absolute atomic E-state index is 0.0576. The highest BCUT2D eigenvalue weighted by atomic mass is 15.3. The van der Waals surface area contributed by atoms with E-state index in [-0.39, 0.29) is 5.41 Å². The zero-order chi connectivity index (χ0) is 13.3. The van der Waals surface area contributed by atoms with Gasteiger partial charge in [-0.25, -0.2) is 4.68 Å². The van der Waals surface area contributed by atoms with Crippen LogP contribution >= 0.6 is 0 Å². The molecule has 0 spiro atoms. The second-order valence-electron chi connectivity index (χ2n) is 5.39. The van der Waals surface area contributed by atoms with Crippen LogP contribution in [-0.4, -0.2) is 9.78 Å². The van der Waals surface area contributed by atoms with Crippen LogP contribution in [0, 0.1) is 6.92 Å². The average Bonchev–Trinajstić information content (AvgIpc) is 2.73. The Morgan fingerprint density at radius 2 is 1.94 bits per heavy atom. The number of hydrogen-bond acceptors (Lipinski definition) is 2. The van der Waals surface area contributed by atoms with Crippen molar-refractivity contribution in [2.45, 2.75) is 39.5 Å². The predicted octanol–water partition coefficient (Wildman–Crippen LogP) is 3.45. The smallest absolute Gasteiger partial charge is 0.127 e. The van der Waals surface area contributed by atoms with Gasteiger partial charge in [-0.2, -0.15) is 5.10 Å². The van der Waals surface area contributed by atoms with Crippen LogP contribution in [0.15, 0.2) is 30.3 Å². The average molecular weight is 243 g/mol. The van der Waals surface area contributed by atoms with E-state index in [0.717, 1.165) is 17.8 Å². The third-order valence-corrected chi connectivity index (χ3v) is 3.66. The van der Waals surface area contributed by atoms with Gasteiger partial charge in [0.05, 0.1) is 11.4 Å². The van der Waals surface area contributed by atoms with Crippen molar-refractivity contribution < 1.29 is 0 Å². The minimum atomic E-state index is 0.0576. The summed E-state index contributed by atoms with van der Waals surface area (Å²) in [7, 11) is 0. The second-order valence-corrected chi connectivity index (χ2v) is 5.39. The molecule has 1 aromatic heterocycles. The number of aromatic nitrogens is 2. The summed E-state index contributed by atoms with van der Waals surface area (Å²) in [5, 5.41) is 4.68. The van der Waals surface area contributed by atoms with Crippen molar-refractivity contribution in [2.75, 3.05) is 5.73 Å². The Bertz CT molecular complexity index is 553. The Balaban J connectivity index is 2.52. The first-order valence-corrected chi connectivity index (χ1v) is 6.37. The highest BCUT2D eigenvalue weighted by Gasteiger charge is 2.23. The van der Waals surface area contributed by atoms with E-state index in [1.54, 1.807) is 0 Å². The van der Waals surface area contributed by atoms with E-state index in [2.05, 4.69) is 38.9 Å². The van der Waals surface area contributed by atoms with E-state index in [9.17, 15) is 0 Å². The maximum Gasteiger partial charge on any atom is 0.127 e. The quantitative estimate of drug-likeness (QED) is 0.897. The Hall–Kier alpha value is -1.77. The van der Waals surface area contributed by atoms with E-state index in [0.29, 0.717) is 5.82 Å². The maximum absolute atomic E-state index is 6.09. The molecule has 3 heteroatoms. The van der Waals surface area contributed by atoms with Crippen molar-refractivity contribution in [1.82, 2.24) is 9.78 Å². The zero-order valence-electron chi connectivity index (χ0n) is 11.6. The van der Waals surface area contributed by atoms with Crippen LogP contribution in [0.2, 0.25) is 0 Å². The lowest BCUT2D eigenvalue weighted by Gasteiger charge is -2.19. The third-order valence-electron chi connectivity index (χ3n) is 3.66. The second kappa shape index (κ2) is 4.48. The van der Waals surface area contributed by atoms with Crippen molar-refractivity contribution in [3.8, 4) is 5.69 Å². The Morgan fingerprint density at radius 3 is 2.56 bits per heavy atom. The van der Waals surface area contributed by atoms with E-state index < -0.39 is 0 Å². The van der Waals surface area contributed by atoms with Gasteiger partial charge in [0.15, 0.2) is 0 Å². The standard InChI is InChI=1S/C15H21N3/c1-5-15(3,4)13-10-14(16)18(17-13)12-9-7-6-8-11(12)2/h6-10H,5,16H2,1-4H3. The fourth-order valence-electron chi connectivity index (χ4n) is 1.90. The number of nitrogens with zero attached hydrogens (tertiary/aromatic N) is 2. The third kappa shape index (κ3) is 2.13. The molecule has 18 heavy (non-hydrogen) atoms. The molecule has 0 aliphatic rings. The summed E-state index contributed by atoms with van der Waals surface area (Å²) in [4.78, 5) is 0. The molecule has 0 atom stereocenters. The van der Waals surface area contributed by atoms with Crippen molar-refractivity contribution in [3.63, 3.8) is 0 Å². The Labute approximate surface area is 109 Å². The van der Waals surface area contributed by atoms with Gasteiger partial charge in [0.25, 0.3) is 0 Å². The molecule has 0 radical (unpaired) electrons. The highest BCUT2D eigenvalue weighted by Crippen LogP contribution is 2.28. The normalized spacial score (nSPS) is 11.8. The van der Waals surface area contributed by atoms with Crippen LogP contribution in [0.25, 0.3) is 5.69 Å². The summed E-state index contributed by atoms with van der Waals surface area (Å²) in [5.74, 6) is 0.695. The van der Waals surface area contributed by atoms with Gasteiger partial charge >= 0.3 is 0 Å². The summed E-state index contributed by atoms with van der Waals surface area (Å²) in [6.07, 6.45) is 1.04. The number of rotatable bonds is 3. The first-order valence-electron chi connectivity index (χ1n) is 6.37. The van der Waals surface area contributed by atoms with Gasteiger partial charge in [-0.1, -0.05) is 39.0 Å². The van der Waals surface area contributed by atoms with Crippen LogP contribution in [0.4, 0.5) is 5.82 Å². The molecule has 0 bridgehead atoms. The van der Waals surface area contributed by atoms with E-state index in [4.69, 9.17) is 5.73 Å². The number of anilines is 1. The van der Waals surface area contributed by atoms with Crippen LogP contribution < -0.4 is 5.73 Å². The molecule has 2 aromatic rings. The molecule has 96 valence electrons. The van der Waals surface area contributed by atoms with Crippen LogP contribution in [-0.2, 0) is 5.41 Å². The van der Waals surface area contributed by atoms with E-state index >= 15 is 0 Å². The molecule has 0 amide bonds. The Morgan fingerprint density at radius 1 is 1.28 bits per heavy atom. The lowest BCUT2D eigenvalue weighted by atomic mass is 9.87. The molecule has 0 fully saturated rings. The van der Waals surface area contributed by atoms with Gasteiger partial charge in [0.2, 0.25) is 0 Å². The van der Waals surface area contributed by atoms with Crippen molar-refractivity contribution >= 4 is 5.82 Å². The molecular formula is C15H21N3. The van der Waals surface area contributed by atoms with Gasteiger partial charge in [-0.3, -0.25) is 0 Å². The molecular weight excluding hydrogens is 222 g/mol. The molecule has 1 heterocycles. The summed E-state index contributed by atoms with van der Waals surface area (Å²) >= 11 is 0. The minimum Gasteiger partial charge on any atom is -0.384 e. The van der Waals surface area contributed by atoms with Crippen LogP contribution in [0.1, 0.15) is 38.4 Å². The number of nitrogen functional groups attached to an aromatic ring is 1. The topological polar surface area (TPSA) is 43.8 Å². The molecule has 0 saturated heterocycles. The predicted molar refractivity (Wildman–Crippen MR) is 76.0 cm³/mol. The number of benzene rings is 1. The highest BCUT2D eigenvalue weighted by molar-refractivity contribution is 5.47. The van der Waals surface area contributed by atoms with E-state index in [1.165, 1.54) is 5.56 Å². The van der Waals surface area contributed by atoms with Crippen molar-refractivity contribution in [2.24, 2.45) is 0 Å². The lowest BCUT2D eigenvalue weighted by Crippen LogP contribution is -2.16. The fourth-order valence-corrected chi connectivity index (χ4v) is 1.90. The van der Waals surface area contributed by atoms with Crippen LogP contribution in [0.5, 0.6) is 0 Å². The van der Waals surface area contributed by atoms with E-state index in [1.807, 2.05) is 28.9 Å². The Kier molecular flexibility index (Phi) is 3.16. The van der Waals surface area contributed by atoms with Crippen LogP contribution in [0.3, 0.4) is 0 Å². The lowest BCUT2D eigenvalue weighted by molar-refractivity contribution is 0.485. The number of hydrogen-bond donors (Lipinski definition) is 1. The monoisotopic (exact) mass is 243 g/mol. The first-order chi connectivity index (χ1) is 8.45. The number of para-hydroxylation sites is 1. The summed E-state index contributed by atoms with van der Waals surface area (Å²) in [6.45, 7) is 8.62. The SMILES string of the molecule is CCC(C)(C)c1cc(N)n(-c2ccccc2C)n1.